The number of ether oxygens (including phenoxy) is 1. The van der Waals surface area contributed by atoms with Gasteiger partial charge in [-0.05, 0) is 49.9 Å². The van der Waals surface area contributed by atoms with Crippen molar-refractivity contribution in [3.05, 3.63) is 42.5 Å². The number of nitrogens with zero attached hydrogens (tertiary/aromatic N) is 1. The predicted octanol–water partition coefficient (Wildman–Crippen LogP) is 2.87. The van der Waals surface area contributed by atoms with E-state index in [1.165, 1.54) is 0 Å². The summed E-state index contributed by atoms with van der Waals surface area (Å²) in [5, 5.41) is 0. The standard InChI is InChI=1S/C17H24N2O2.ClH/c1-3-12-21-16-6-4-15(5-7-16)17(20)19-10-8-14(9-11-19)13(2)18;/h3-7,13-14H,1,8-12,18H2,2H3;1H. The molecular formula is C17H25ClN2O2. The summed E-state index contributed by atoms with van der Waals surface area (Å²) in [5.41, 5.74) is 6.64. The predicted molar refractivity (Wildman–Crippen MR) is 91.7 cm³/mol. The van der Waals surface area contributed by atoms with Gasteiger partial charge in [0.15, 0.2) is 0 Å². The summed E-state index contributed by atoms with van der Waals surface area (Å²) in [7, 11) is 0. The van der Waals surface area contributed by atoms with Gasteiger partial charge in [-0.25, -0.2) is 0 Å². The highest BCUT2D eigenvalue weighted by Crippen LogP contribution is 2.21. The molecule has 0 aromatic heterocycles. The van der Waals surface area contributed by atoms with E-state index in [9.17, 15) is 4.79 Å². The summed E-state index contributed by atoms with van der Waals surface area (Å²) in [6.45, 7) is 7.71. The third kappa shape index (κ3) is 4.75. The van der Waals surface area contributed by atoms with E-state index in [0.717, 1.165) is 31.7 Å². The first-order chi connectivity index (χ1) is 10.1. The largest absolute Gasteiger partial charge is 0.490 e. The molecule has 122 valence electrons. The molecule has 1 amide bonds. The second-order valence-electron chi connectivity index (χ2n) is 5.61. The van der Waals surface area contributed by atoms with Gasteiger partial charge in [-0.3, -0.25) is 4.79 Å². The number of halogens is 1. The highest BCUT2D eigenvalue weighted by Gasteiger charge is 2.25. The van der Waals surface area contributed by atoms with Gasteiger partial charge in [0.2, 0.25) is 0 Å². The minimum absolute atomic E-state index is 0. The molecule has 1 aliphatic heterocycles. The molecule has 4 nitrogen and oxygen atoms in total. The zero-order valence-corrected chi connectivity index (χ0v) is 13.8. The average molecular weight is 325 g/mol. The molecule has 1 fully saturated rings. The molecule has 0 spiro atoms. The Hall–Kier alpha value is -1.52. The fourth-order valence-corrected chi connectivity index (χ4v) is 2.66. The van der Waals surface area contributed by atoms with Crippen molar-refractivity contribution < 1.29 is 9.53 Å². The minimum atomic E-state index is 0. The van der Waals surface area contributed by atoms with E-state index in [0.29, 0.717) is 18.1 Å². The number of benzene rings is 1. The Morgan fingerprint density at radius 2 is 2.00 bits per heavy atom. The van der Waals surface area contributed by atoms with Crippen molar-refractivity contribution >= 4 is 18.3 Å². The lowest BCUT2D eigenvalue weighted by atomic mass is 9.90. The van der Waals surface area contributed by atoms with E-state index in [4.69, 9.17) is 10.5 Å². The number of likely N-dealkylation sites (tertiary alicyclic amines) is 1. The smallest absolute Gasteiger partial charge is 0.253 e. The van der Waals surface area contributed by atoms with Crippen LogP contribution in [0.4, 0.5) is 0 Å². The van der Waals surface area contributed by atoms with Crippen LogP contribution < -0.4 is 10.5 Å². The van der Waals surface area contributed by atoms with E-state index in [1.807, 2.05) is 36.1 Å². The number of nitrogens with two attached hydrogens (primary N) is 1. The Kier molecular flexibility index (Phi) is 7.42. The van der Waals surface area contributed by atoms with E-state index >= 15 is 0 Å². The molecule has 1 aliphatic rings. The average Bonchev–Trinajstić information content (AvgIpc) is 2.53. The number of carbonyl (C=O) groups excluding carboxylic acids is 1. The topological polar surface area (TPSA) is 55.6 Å². The zero-order chi connectivity index (χ0) is 15.2. The van der Waals surface area contributed by atoms with Crippen LogP contribution in [0.15, 0.2) is 36.9 Å². The van der Waals surface area contributed by atoms with Gasteiger partial charge in [0.25, 0.3) is 5.91 Å². The molecule has 2 N–H and O–H groups in total. The van der Waals surface area contributed by atoms with Crippen molar-refractivity contribution in [2.45, 2.75) is 25.8 Å². The molecular weight excluding hydrogens is 300 g/mol. The summed E-state index contributed by atoms with van der Waals surface area (Å²) in [5.74, 6) is 1.37. The molecule has 0 bridgehead atoms. The lowest BCUT2D eigenvalue weighted by Crippen LogP contribution is -2.42. The lowest BCUT2D eigenvalue weighted by Gasteiger charge is -2.33. The van der Waals surface area contributed by atoms with E-state index in [2.05, 4.69) is 6.58 Å². The van der Waals surface area contributed by atoms with Gasteiger partial charge in [-0.2, -0.15) is 0 Å². The minimum Gasteiger partial charge on any atom is -0.490 e. The fourth-order valence-electron chi connectivity index (χ4n) is 2.66. The number of piperidine rings is 1. The molecule has 1 atom stereocenters. The van der Waals surface area contributed by atoms with Crippen LogP contribution in [0.3, 0.4) is 0 Å². The van der Waals surface area contributed by atoms with Gasteiger partial charge in [0.1, 0.15) is 12.4 Å². The molecule has 1 unspecified atom stereocenters. The maximum Gasteiger partial charge on any atom is 0.253 e. The van der Waals surface area contributed by atoms with Gasteiger partial charge < -0.3 is 15.4 Å². The molecule has 22 heavy (non-hydrogen) atoms. The number of carbonyl (C=O) groups is 1. The van der Waals surface area contributed by atoms with Crippen LogP contribution in [-0.2, 0) is 0 Å². The summed E-state index contributed by atoms with van der Waals surface area (Å²) < 4.78 is 5.42. The van der Waals surface area contributed by atoms with Crippen molar-refractivity contribution in [3.63, 3.8) is 0 Å². The van der Waals surface area contributed by atoms with Crippen LogP contribution in [0.2, 0.25) is 0 Å². The van der Waals surface area contributed by atoms with E-state index in [1.54, 1.807) is 6.08 Å². The zero-order valence-electron chi connectivity index (χ0n) is 13.0. The first-order valence-corrected chi connectivity index (χ1v) is 7.50. The van der Waals surface area contributed by atoms with Gasteiger partial charge >= 0.3 is 0 Å². The van der Waals surface area contributed by atoms with Crippen LogP contribution in [0.25, 0.3) is 0 Å². The highest BCUT2D eigenvalue weighted by atomic mass is 35.5. The number of amides is 1. The molecule has 1 aromatic carbocycles. The molecule has 5 heteroatoms. The third-order valence-corrected chi connectivity index (χ3v) is 4.04. The summed E-state index contributed by atoms with van der Waals surface area (Å²) in [4.78, 5) is 14.4. The van der Waals surface area contributed by atoms with Crippen molar-refractivity contribution in [2.24, 2.45) is 11.7 Å². The molecule has 1 saturated heterocycles. The number of hydrogen-bond acceptors (Lipinski definition) is 3. The SMILES string of the molecule is C=CCOc1ccc(C(=O)N2CCC(C(C)N)CC2)cc1.Cl. The van der Waals surface area contributed by atoms with Crippen LogP contribution >= 0.6 is 12.4 Å². The quantitative estimate of drug-likeness (QED) is 0.847. The summed E-state index contributed by atoms with van der Waals surface area (Å²) >= 11 is 0. The van der Waals surface area contributed by atoms with Crippen molar-refractivity contribution in [2.75, 3.05) is 19.7 Å². The normalized spacial score (nSPS) is 16.5. The van der Waals surface area contributed by atoms with Crippen molar-refractivity contribution in [3.8, 4) is 5.75 Å². The van der Waals surface area contributed by atoms with Crippen LogP contribution in [0, 0.1) is 5.92 Å². The molecule has 1 aromatic rings. The van der Waals surface area contributed by atoms with Crippen molar-refractivity contribution in [1.82, 2.24) is 4.90 Å². The first kappa shape index (κ1) is 18.5. The maximum absolute atomic E-state index is 12.4. The van der Waals surface area contributed by atoms with Gasteiger partial charge in [-0.1, -0.05) is 12.7 Å². The Balaban J connectivity index is 0.00000242. The lowest BCUT2D eigenvalue weighted by molar-refractivity contribution is 0.0681. The second-order valence-corrected chi connectivity index (χ2v) is 5.61. The molecule has 0 saturated carbocycles. The molecule has 0 aliphatic carbocycles. The summed E-state index contributed by atoms with van der Waals surface area (Å²) in [6.07, 6.45) is 3.68. The second kappa shape index (κ2) is 8.81. The molecule has 1 heterocycles. The Bertz CT molecular complexity index is 480. The Morgan fingerprint density at radius 3 is 2.50 bits per heavy atom. The number of rotatable bonds is 5. The molecule has 2 rings (SSSR count). The monoisotopic (exact) mass is 324 g/mol. The summed E-state index contributed by atoms with van der Waals surface area (Å²) in [6, 6.07) is 7.50. The van der Waals surface area contributed by atoms with Gasteiger partial charge in [0, 0.05) is 24.7 Å². The fraction of sp³-hybridized carbons (Fsp3) is 0.471. The van der Waals surface area contributed by atoms with E-state index in [-0.39, 0.29) is 24.4 Å². The highest BCUT2D eigenvalue weighted by molar-refractivity contribution is 5.94. The van der Waals surface area contributed by atoms with E-state index < -0.39 is 0 Å². The van der Waals surface area contributed by atoms with Crippen molar-refractivity contribution in [1.29, 1.82) is 0 Å². The third-order valence-electron chi connectivity index (χ3n) is 4.04. The van der Waals surface area contributed by atoms with Crippen LogP contribution in [0.5, 0.6) is 5.75 Å². The number of hydrogen-bond donors (Lipinski definition) is 1. The van der Waals surface area contributed by atoms with Crippen LogP contribution in [-0.4, -0.2) is 36.5 Å². The van der Waals surface area contributed by atoms with Gasteiger partial charge in [0.05, 0.1) is 0 Å². The Morgan fingerprint density at radius 1 is 1.41 bits per heavy atom. The molecule has 0 radical (unpaired) electrons. The van der Waals surface area contributed by atoms with Gasteiger partial charge in [-0.15, -0.1) is 12.4 Å². The maximum atomic E-state index is 12.4. The Labute approximate surface area is 138 Å². The van der Waals surface area contributed by atoms with Crippen LogP contribution in [0.1, 0.15) is 30.1 Å². The first-order valence-electron chi connectivity index (χ1n) is 7.50.